The van der Waals surface area contributed by atoms with Gasteiger partial charge in [-0.1, -0.05) is 23.2 Å². The lowest BCUT2D eigenvalue weighted by molar-refractivity contribution is -0.0497. The Labute approximate surface area is 99.7 Å². The van der Waals surface area contributed by atoms with Crippen LogP contribution in [0, 0.1) is 0 Å². The molecule has 0 aliphatic rings. The van der Waals surface area contributed by atoms with E-state index in [2.05, 4.69) is 9.72 Å². The van der Waals surface area contributed by atoms with Gasteiger partial charge in [-0.05, 0) is 18.2 Å². The largest absolute Gasteiger partial charge is 0.435 e. The number of fused-ring (bicyclic) bond motifs is 1. The molecule has 1 heterocycles. The number of pyridine rings is 1. The fraction of sp³-hybridized carbons (Fsp3) is 0.100. The molecule has 0 aliphatic carbocycles. The maximum absolute atomic E-state index is 12.0. The van der Waals surface area contributed by atoms with E-state index < -0.39 is 6.61 Å². The van der Waals surface area contributed by atoms with Crippen LogP contribution < -0.4 is 4.74 Å². The molecule has 0 atom stereocenters. The van der Waals surface area contributed by atoms with E-state index in [0.29, 0.717) is 10.9 Å². The highest BCUT2D eigenvalue weighted by Crippen LogP contribution is 2.31. The molecule has 2 nitrogen and oxygen atoms in total. The van der Waals surface area contributed by atoms with E-state index in [1.807, 2.05) is 0 Å². The molecular weight excluding hydrogens is 259 g/mol. The van der Waals surface area contributed by atoms with Crippen molar-refractivity contribution in [3.05, 3.63) is 34.4 Å². The second-order valence-electron chi connectivity index (χ2n) is 2.98. The number of hydrogen-bond donors (Lipinski definition) is 0. The minimum Gasteiger partial charge on any atom is -0.435 e. The second-order valence-corrected chi connectivity index (χ2v) is 3.76. The zero-order valence-corrected chi connectivity index (χ0v) is 9.27. The van der Waals surface area contributed by atoms with Crippen molar-refractivity contribution in [2.45, 2.75) is 6.61 Å². The second kappa shape index (κ2) is 4.39. The van der Waals surface area contributed by atoms with Crippen LogP contribution in [0.5, 0.6) is 5.75 Å². The third-order valence-corrected chi connectivity index (χ3v) is 2.75. The van der Waals surface area contributed by atoms with Gasteiger partial charge in [-0.25, -0.2) is 0 Å². The third kappa shape index (κ3) is 2.18. The summed E-state index contributed by atoms with van der Waals surface area (Å²) in [6.07, 6.45) is 1.40. The summed E-state index contributed by atoms with van der Waals surface area (Å²) in [5.74, 6) is 0.0217. The maximum Gasteiger partial charge on any atom is 0.387 e. The van der Waals surface area contributed by atoms with E-state index in [-0.39, 0.29) is 15.8 Å². The van der Waals surface area contributed by atoms with Crippen LogP contribution in [-0.2, 0) is 0 Å². The Bertz CT molecular complexity index is 533. The first-order valence-electron chi connectivity index (χ1n) is 4.26. The van der Waals surface area contributed by atoms with Crippen molar-refractivity contribution in [1.82, 2.24) is 4.98 Å². The predicted molar refractivity (Wildman–Crippen MR) is 58.4 cm³/mol. The predicted octanol–water partition coefficient (Wildman–Crippen LogP) is 4.14. The molecule has 1 aromatic heterocycles. The molecule has 0 radical (unpaired) electrons. The molecule has 0 amide bonds. The van der Waals surface area contributed by atoms with Gasteiger partial charge in [0, 0.05) is 11.6 Å². The molecule has 0 saturated carbocycles. The average Bonchev–Trinajstić information content (AvgIpc) is 2.23. The molecule has 0 saturated heterocycles. The Morgan fingerprint density at radius 3 is 2.69 bits per heavy atom. The molecule has 0 unspecified atom stereocenters. The Balaban J connectivity index is 2.55. The smallest absolute Gasteiger partial charge is 0.387 e. The van der Waals surface area contributed by atoms with Gasteiger partial charge < -0.3 is 4.74 Å². The minimum absolute atomic E-state index is 0.0217. The standard InChI is InChI=1S/C10H5Cl2F2NO/c11-7-4-15-8-2-1-5(16-10(13)14)3-6(8)9(7)12/h1-4,10H. The molecule has 0 N–H and O–H groups in total. The van der Waals surface area contributed by atoms with Gasteiger partial charge in [0.2, 0.25) is 0 Å². The summed E-state index contributed by atoms with van der Waals surface area (Å²) in [6, 6.07) is 4.31. The number of hydrogen-bond acceptors (Lipinski definition) is 2. The topological polar surface area (TPSA) is 22.1 Å². The molecule has 0 fully saturated rings. The molecular formula is C10H5Cl2F2NO. The van der Waals surface area contributed by atoms with Crippen molar-refractivity contribution >= 4 is 34.1 Å². The summed E-state index contributed by atoms with van der Waals surface area (Å²) >= 11 is 11.7. The molecule has 2 rings (SSSR count). The molecule has 16 heavy (non-hydrogen) atoms. The quantitative estimate of drug-likeness (QED) is 0.813. The van der Waals surface area contributed by atoms with Gasteiger partial charge in [-0.2, -0.15) is 8.78 Å². The zero-order chi connectivity index (χ0) is 11.7. The number of benzene rings is 1. The summed E-state index contributed by atoms with van der Waals surface area (Å²) in [7, 11) is 0. The molecule has 0 bridgehead atoms. The van der Waals surface area contributed by atoms with Crippen LogP contribution in [-0.4, -0.2) is 11.6 Å². The van der Waals surface area contributed by atoms with Crippen molar-refractivity contribution in [3.8, 4) is 5.75 Å². The van der Waals surface area contributed by atoms with E-state index in [9.17, 15) is 8.78 Å². The van der Waals surface area contributed by atoms with Crippen LogP contribution in [0.4, 0.5) is 8.78 Å². The Morgan fingerprint density at radius 1 is 1.25 bits per heavy atom. The Kier molecular flexibility index (Phi) is 3.12. The lowest BCUT2D eigenvalue weighted by Crippen LogP contribution is -2.01. The van der Waals surface area contributed by atoms with E-state index in [1.54, 1.807) is 0 Å². The number of nitrogens with zero attached hydrogens (tertiary/aromatic N) is 1. The minimum atomic E-state index is -2.87. The normalized spacial score (nSPS) is 11.1. The molecule has 2 aromatic rings. The highest BCUT2D eigenvalue weighted by atomic mass is 35.5. The Hall–Kier alpha value is -1.13. The Morgan fingerprint density at radius 2 is 2.00 bits per heavy atom. The van der Waals surface area contributed by atoms with Crippen LogP contribution in [0.25, 0.3) is 10.9 Å². The summed E-state index contributed by atoms with van der Waals surface area (Å²) in [5, 5.41) is 1.02. The fourth-order valence-corrected chi connectivity index (χ4v) is 1.64. The van der Waals surface area contributed by atoms with Crippen LogP contribution >= 0.6 is 23.2 Å². The van der Waals surface area contributed by atoms with Crippen LogP contribution in [0.2, 0.25) is 10.0 Å². The summed E-state index contributed by atoms with van der Waals surface area (Å²) in [4.78, 5) is 4.00. The van der Waals surface area contributed by atoms with E-state index in [4.69, 9.17) is 23.2 Å². The molecule has 0 aliphatic heterocycles. The van der Waals surface area contributed by atoms with Crippen molar-refractivity contribution in [1.29, 1.82) is 0 Å². The van der Waals surface area contributed by atoms with E-state index in [1.165, 1.54) is 24.4 Å². The van der Waals surface area contributed by atoms with Gasteiger partial charge in [-0.15, -0.1) is 0 Å². The summed E-state index contributed by atoms with van der Waals surface area (Å²) in [5.41, 5.74) is 0.566. The number of rotatable bonds is 2. The van der Waals surface area contributed by atoms with Crippen LogP contribution in [0.15, 0.2) is 24.4 Å². The van der Waals surface area contributed by atoms with Crippen molar-refractivity contribution in [2.24, 2.45) is 0 Å². The highest BCUT2D eigenvalue weighted by Gasteiger charge is 2.09. The molecule has 84 valence electrons. The van der Waals surface area contributed by atoms with Gasteiger partial charge in [0.05, 0.1) is 15.6 Å². The number of aromatic nitrogens is 1. The number of halogens is 4. The van der Waals surface area contributed by atoms with Gasteiger partial charge >= 0.3 is 6.61 Å². The third-order valence-electron chi connectivity index (χ3n) is 1.96. The maximum atomic E-state index is 12.0. The van der Waals surface area contributed by atoms with E-state index in [0.717, 1.165) is 0 Å². The van der Waals surface area contributed by atoms with Crippen molar-refractivity contribution < 1.29 is 13.5 Å². The first-order chi connectivity index (χ1) is 7.58. The van der Waals surface area contributed by atoms with Crippen LogP contribution in [0.1, 0.15) is 0 Å². The van der Waals surface area contributed by atoms with Gasteiger partial charge in [0.1, 0.15) is 5.75 Å². The highest BCUT2D eigenvalue weighted by molar-refractivity contribution is 6.45. The molecule has 0 spiro atoms. The average molecular weight is 264 g/mol. The molecule has 6 heteroatoms. The van der Waals surface area contributed by atoms with Gasteiger partial charge in [0.15, 0.2) is 0 Å². The van der Waals surface area contributed by atoms with Crippen molar-refractivity contribution in [3.63, 3.8) is 0 Å². The number of ether oxygens (including phenoxy) is 1. The monoisotopic (exact) mass is 263 g/mol. The summed E-state index contributed by atoms with van der Waals surface area (Å²) in [6.45, 7) is -2.87. The van der Waals surface area contributed by atoms with Crippen LogP contribution in [0.3, 0.4) is 0 Å². The fourth-order valence-electron chi connectivity index (χ4n) is 1.29. The number of alkyl halides is 2. The zero-order valence-electron chi connectivity index (χ0n) is 7.75. The van der Waals surface area contributed by atoms with Gasteiger partial charge in [-0.3, -0.25) is 4.98 Å². The SMILES string of the molecule is FC(F)Oc1ccc2ncc(Cl)c(Cl)c2c1. The first-order valence-corrected chi connectivity index (χ1v) is 5.02. The van der Waals surface area contributed by atoms with E-state index >= 15 is 0 Å². The first kappa shape index (κ1) is 11.4. The lowest BCUT2D eigenvalue weighted by Gasteiger charge is -2.06. The lowest BCUT2D eigenvalue weighted by atomic mass is 10.2. The summed E-state index contributed by atoms with van der Waals surface area (Å²) < 4.78 is 28.3. The van der Waals surface area contributed by atoms with Crippen molar-refractivity contribution in [2.75, 3.05) is 0 Å². The molecule has 1 aromatic carbocycles. The van der Waals surface area contributed by atoms with Gasteiger partial charge in [0.25, 0.3) is 0 Å².